The third kappa shape index (κ3) is 4.65. The first-order chi connectivity index (χ1) is 9.11. The maximum absolute atomic E-state index is 4.77. The lowest BCUT2D eigenvalue weighted by molar-refractivity contribution is 0.635. The molecule has 108 valence electrons. The van der Waals surface area contributed by atoms with Crippen molar-refractivity contribution >= 4 is 28.2 Å². The summed E-state index contributed by atoms with van der Waals surface area (Å²) in [5.74, 6) is 1.20. The Morgan fingerprint density at radius 2 is 2.26 bits per heavy atom. The van der Waals surface area contributed by atoms with E-state index >= 15 is 0 Å². The van der Waals surface area contributed by atoms with Gasteiger partial charge in [0, 0.05) is 35.5 Å². The second-order valence-corrected chi connectivity index (χ2v) is 8.28. The summed E-state index contributed by atoms with van der Waals surface area (Å²) in [6.07, 6.45) is 2.41. The molecule has 1 aromatic rings. The van der Waals surface area contributed by atoms with Gasteiger partial charge in [-0.1, -0.05) is 20.8 Å². The Morgan fingerprint density at radius 1 is 1.42 bits per heavy atom. The molecule has 5 heteroatoms. The minimum absolute atomic E-state index is 0.414. The van der Waals surface area contributed by atoms with E-state index in [1.54, 1.807) is 11.3 Å². The van der Waals surface area contributed by atoms with Crippen LogP contribution in [0, 0.1) is 0 Å². The van der Waals surface area contributed by atoms with E-state index in [0.29, 0.717) is 4.75 Å². The fraction of sp³-hybridized carbons (Fsp3) is 0.786. The maximum Gasteiger partial charge on any atom is 0.185 e. The van der Waals surface area contributed by atoms with Gasteiger partial charge in [0.05, 0.1) is 5.69 Å². The number of rotatable bonds is 5. The highest BCUT2D eigenvalue weighted by Crippen LogP contribution is 2.33. The highest BCUT2D eigenvalue weighted by molar-refractivity contribution is 8.00. The summed E-state index contributed by atoms with van der Waals surface area (Å²) in [5, 5.41) is 6.81. The number of thioether (sulfide) groups is 1. The highest BCUT2D eigenvalue weighted by Gasteiger charge is 2.24. The van der Waals surface area contributed by atoms with Crippen molar-refractivity contribution in [2.45, 2.75) is 44.9 Å². The summed E-state index contributed by atoms with van der Waals surface area (Å²) < 4.78 is 0.414. The molecule has 0 amide bonds. The number of anilines is 1. The van der Waals surface area contributed by atoms with Crippen molar-refractivity contribution in [1.82, 2.24) is 10.3 Å². The lowest BCUT2D eigenvalue weighted by atomic mass is 10.1. The SMILES string of the molecule is CCCNCc1csc(N2CCSC(C)(C)CC2)n1. The van der Waals surface area contributed by atoms with Crippen molar-refractivity contribution in [3.8, 4) is 0 Å². The number of nitrogens with one attached hydrogen (secondary N) is 1. The summed E-state index contributed by atoms with van der Waals surface area (Å²) in [7, 11) is 0. The largest absolute Gasteiger partial charge is 0.347 e. The van der Waals surface area contributed by atoms with Crippen LogP contribution in [0.15, 0.2) is 5.38 Å². The predicted octanol–water partition coefficient (Wildman–Crippen LogP) is 3.36. The van der Waals surface area contributed by atoms with Crippen LogP contribution in [0.5, 0.6) is 0 Å². The molecule has 3 nitrogen and oxygen atoms in total. The van der Waals surface area contributed by atoms with Crippen LogP contribution in [-0.4, -0.2) is 35.1 Å². The first-order valence-corrected chi connectivity index (χ1v) is 9.01. The van der Waals surface area contributed by atoms with Gasteiger partial charge in [0.1, 0.15) is 0 Å². The molecule has 0 aliphatic carbocycles. The van der Waals surface area contributed by atoms with Gasteiger partial charge in [-0.3, -0.25) is 0 Å². The van der Waals surface area contributed by atoms with E-state index in [4.69, 9.17) is 4.98 Å². The van der Waals surface area contributed by atoms with Crippen LogP contribution >= 0.6 is 23.1 Å². The molecule has 1 aromatic heterocycles. The van der Waals surface area contributed by atoms with Crippen LogP contribution in [-0.2, 0) is 6.54 Å². The zero-order valence-corrected chi connectivity index (χ0v) is 13.9. The van der Waals surface area contributed by atoms with Crippen LogP contribution < -0.4 is 10.2 Å². The Kier molecular flexibility index (Phi) is 5.54. The Hall–Kier alpha value is -0.260. The average Bonchev–Trinajstić information content (AvgIpc) is 2.75. The first kappa shape index (κ1) is 15.1. The van der Waals surface area contributed by atoms with Gasteiger partial charge >= 0.3 is 0 Å². The lowest BCUT2D eigenvalue weighted by Gasteiger charge is -2.22. The smallest absolute Gasteiger partial charge is 0.185 e. The highest BCUT2D eigenvalue weighted by atomic mass is 32.2. The number of hydrogen-bond donors (Lipinski definition) is 1. The molecule has 2 rings (SSSR count). The maximum atomic E-state index is 4.77. The molecule has 1 N–H and O–H groups in total. The van der Waals surface area contributed by atoms with Crippen LogP contribution in [0.1, 0.15) is 39.3 Å². The topological polar surface area (TPSA) is 28.2 Å². The molecule has 0 radical (unpaired) electrons. The van der Waals surface area contributed by atoms with E-state index in [2.05, 4.69) is 48.1 Å². The standard InChI is InChI=1S/C14H25N3S2/c1-4-6-15-10-12-11-18-13(16-12)17-7-5-14(2,3)19-9-8-17/h11,15H,4-10H2,1-3H3. The van der Waals surface area contributed by atoms with Gasteiger partial charge in [0.15, 0.2) is 5.13 Å². The van der Waals surface area contributed by atoms with E-state index in [1.807, 2.05) is 0 Å². The quantitative estimate of drug-likeness (QED) is 0.844. The zero-order chi connectivity index (χ0) is 13.7. The molecule has 2 heterocycles. The number of nitrogens with zero attached hydrogens (tertiary/aromatic N) is 2. The fourth-order valence-corrected chi connectivity index (χ4v) is 4.11. The minimum Gasteiger partial charge on any atom is -0.347 e. The normalized spacial score (nSPS) is 19.4. The van der Waals surface area contributed by atoms with E-state index in [-0.39, 0.29) is 0 Å². The van der Waals surface area contributed by atoms with Crippen molar-refractivity contribution in [3.63, 3.8) is 0 Å². The van der Waals surface area contributed by atoms with Crippen LogP contribution in [0.3, 0.4) is 0 Å². The Labute approximate surface area is 125 Å². The summed E-state index contributed by atoms with van der Waals surface area (Å²) in [6, 6.07) is 0. The monoisotopic (exact) mass is 299 g/mol. The van der Waals surface area contributed by atoms with Gasteiger partial charge in [0.2, 0.25) is 0 Å². The van der Waals surface area contributed by atoms with Gasteiger partial charge in [-0.2, -0.15) is 11.8 Å². The van der Waals surface area contributed by atoms with Gasteiger partial charge in [-0.25, -0.2) is 4.98 Å². The van der Waals surface area contributed by atoms with Gasteiger partial charge in [0.25, 0.3) is 0 Å². The molecule has 0 bridgehead atoms. The molecule has 0 aromatic carbocycles. The summed E-state index contributed by atoms with van der Waals surface area (Å²) in [4.78, 5) is 7.22. The molecule has 0 saturated carbocycles. The molecular formula is C14H25N3S2. The zero-order valence-electron chi connectivity index (χ0n) is 12.2. The Bertz CT molecular complexity index is 390. The van der Waals surface area contributed by atoms with Crippen molar-refractivity contribution in [2.75, 3.05) is 30.3 Å². The minimum atomic E-state index is 0.414. The van der Waals surface area contributed by atoms with Gasteiger partial charge in [-0.15, -0.1) is 11.3 Å². The molecular weight excluding hydrogens is 274 g/mol. The summed E-state index contributed by atoms with van der Waals surface area (Å²) in [6.45, 7) is 11.1. The average molecular weight is 300 g/mol. The van der Waals surface area contributed by atoms with E-state index in [1.165, 1.54) is 29.4 Å². The second kappa shape index (κ2) is 6.95. The third-order valence-electron chi connectivity index (χ3n) is 3.38. The molecule has 1 aliphatic heterocycles. The van der Waals surface area contributed by atoms with E-state index < -0.39 is 0 Å². The Balaban J connectivity index is 1.91. The number of aromatic nitrogens is 1. The lowest BCUT2D eigenvalue weighted by Crippen LogP contribution is -2.26. The molecule has 19 heavy (non-hydrogen) atoms. The van der Waals surface area contributed by atoms with Gasteiger partial charge in [-0.05, 0) is 19.4 Å². The van der Waals surface area contributed by atoms with Gasteiger partial charge < -0.3 is 10.2 Å². The van der Waals surface area contributed by atoms with Crippen molar-refractivity contribution in [3.05, 3.63) is 11.1 Å². The molecule has 0 unspecified atom stereocenters. The van der Waals surface area contributed by atoms with Crippen LogP contribution in [0.4, 0.5) is 5.13 Å². The fourth-order valence-electron chi connectivity index (χ4n) is 2.13. The first-order valence-electron chi connectivity index (χ1n) is 7.15. The molecule has 1 aliphatic rings. The summed E-state index contributed by atoms with van der Waals surface area (Å²) in [5.41, 5.74) is 1.18. The number of hydrogen-bond acceptors (Lipinski definition) is 5. The molecule has 0 spiro atoms. The van der Waals surface area contributed by atoms with Crippen LogP contribution in [0.2, 0.25) is 0 Å². The predicted molar refractivity (Wildman–Crippen MR) is 87.5 cm³/mol. The molecule has 0 atom stereocenters. The third-order valence-corrected chi connectivity index (χ3v) is 5.70. The van der Waals surface area contributed by atoms with Crippen molar-refractivity contribution < 1.29 is 0 Å². The van der Waals surface area contributed by atoms with E-state index in [0.717, 1.165) is 26.2 Å². The molecule has 1 fully saturated rings. The molecule has 1 saturated heterocycles. The van der Waals surface area contributed by atoms with Crippen molar-refractivity contribution in [2.24, 2.45) is 0 Å². The van der Waals surface area contributed by atoms with Crippen LogP contribution in [0.25, 0.3) is 0 Å². The second-order valence-electron chi connectivity index (χ2n) is 5.64. The number of thiazole rings is 1. The van der Waals surface area contributed by atoms with Crippen molar-refractivity contribution in [1.29, 1.82) is 0 Å². The Morgan fingerprint density at radius 3 is 3.05 bits per heavy atom. The summed E-state index contributed by atoms with van der Waals surface area (Å²) >= 11 is 3.88. The van der Waals surface area contributed by atoms with E-state index in [9.17, 15) is 0 Å².